The number of amides is 1. The summed E-state index contributed by atoms with van der Waals surface area (Å²) in [5.74, 6) is 0.487. The molecule has 1 N–H and O–H groups in total. The second-order valence-corrected chi connectivity index (χ2v) is 9.23. The number of fused-ring (bicyclic) bond motifs is 3. The van der Waals surface area contributed by atoms with Crippen LogP contribution in [0.2, 0.25) is 0 Å². The summed E-state index contributed by atoms with van der Waals surface area (Å²) in [6, 6.07) is 16.8. The van der Waals surface area contributed by atoms with Crippen LogP contribution < -0.4 is 0 Å². The number of hydrogen-bond acceptors (Lipinski definition) is 3. The molecular weight excluding hydrogens is 374 g/mol. The minimum atomic E-state index is -0.597. The first-order chi connectivity index (χ1) is 14.7. The summed E-state index contributed by atoms with van der Waals surface area (Å²) in [6.45, 7) is 1.53. The van der Waals surface area contributed by atoms with E-state index in [1.54, 1.807) is 4.90 Å². The van der Waals surface area contributed by atoms with Crippen LogP contribution in [0.5, 0.6) is 0 Å². The van der Waals surface area contributed by atoms with Crippen LogP contribution in [0, 0.1) is 5.92 Å². The quantitative estimate of drug-likeness (QED) is 0.750. The van der Waals surface area contributed by atoms with Crippen LogP contribution >= 0.6 is 0 Å². The Kier molecular flexibility index (Phi) is 5.28. The molecule has 158 valence electrons. The van der Waals surface area contributed by atoms with Gasteiger partial charge in [-0.15, -0.1) is 0 Å². The summed E-state index contributed by atoms with van der Waals surface area (Å²) in [6.07, 6.45) is 7.08. The van der Waals surface area contributed by atoms with Gasteiger partial charge in [0, 0.05) is 19.0 Å². The monoisotopic (exact) mass is 405 g/mol. The fourth-order valence-corrected chi connectivity index (χ4v) is 5.81. The predicted octanol–water partition coefficient (Wildman–Crippen LogP) is 5.34. The maximum absolute atomic E-state index is 12.8. The van der Waals surface area contributed by atoms with Crippen molar-refractivity contribution in [3.05, 3.63) is 59.7 Å². The first kappa shape index (κ1) is 19.6. The number of likely N-dealkylation sites (tertiary alicyclic amines) is 1. The molecule has 1 amide bonds. The molecule has 1 aliphatic heterocycles. The number of ether oxygens (including phenoxy) is 1. The van der Waals surface area contributed by atoms with E-state index in [9.17, 15) is 9.90 Å². The van der Waals surface area contributed by atoms with Crippen molar-refractivity contribution in [3.8, 4) is 11.1 Å². The topological polar surface area (TPSA) is 49.8 Å². The first-order valence-corrected chi connectivity index (χ1v) is 11.5. The molecule has 2 aromatic carbocycles. The lowest BCUT2D eigenvalue weighted by Gasteiger charge is -2.44. The molecular formula is C26H31NO3. The van der Waals surface area contributed by atoms with Gasteiger partial charge in [-0.2, -0.15) is 0 Å². The molecule has 0 spiro atoms. The van der Waals surface area contributed by atoms with Crippen LogP contribution in [0.25, 0.3) is 11.1 Å². The van der Waals surface area contributed by atoms with E-state index in [-0.39, 0.29) is 12.0 Å². The lowest BCUT2D eigenvalue weighted by Crippen LogP contribution is -2.51. The van der Waals surface area contributed by atoms with Crippen LogP contribution in [0.3, 0.4) is 0 Å². The van der Waals surface area contributed by atoms with Crippen molar-refractivity contribution in [2.75, 3.05) is 19.7 Å². The van der Waals surface area contributed by atoms with Crippen LogP contribution in [0.4, 0.5) is 4.79 Å². The normalized spacial score (nSPS) is 21.2. The van der Waals surface area contributed by atoms with E-state index in [1.807, 2.05) is 0 Å². The Morgan fingerprint density at radius 1 is 0.933 bits per heavy atom. The second-order valence-electron chi connectivity index (χ2n) is 9.23. The van der Waals surface area contributed by atoms with Gasteiger partial charge in [0.1, 0.15) is 6.61 Å². The van der Waals surface area contributed by atoms with Crippen molar-refractivity contribution in [2.45, 2.75) is 56.5 Å². The molecule has 3 aliphatic rings. The van der Waals surface area contributed by atoms with Gasteiger partial charge in [0.25, 0.3) is 0 Å². The number of carbonyl (C=O) groups excluding carboxylic acids is 1. The molecule has 5 rings (SSSR count). The first-order valence-electron chi connectivity index (χ1n) is 11.5. The van der Waals surface area contributed by atoms with Crippen molar-refractivity contribution in [2.24, 2.45) is 5.92 Å². The predicted molar refractivity (Wildman–Crippen MR) is 117 cm³/mol. The van der Waals surface area contributed by atoms with E-state index in [0.29, 0.717) is 38.5 Å². The zero-order valence-electron chi connectivity index (χ0n) is 17.6. The van der Waals surface area contributed by atoms with E-state index in [0.717, 1.165) is 12.8 Å². The molecule has 0 aromatic heterocycles. The number of nitrogens with zero attached hydrogens (tertiary/aromatic N) is 1. The Bertz CT molecular complexity index is 864. The highest BCUT2D eigenvalue weighted by molar-refractivity contribution is 5.79. The average Bonchev–Trinajstić information content (AvgIpc) is 3.12. The number of benzene rings is 2. The van der Waals surface area contributed by atoms with Crippen LogP contribution in [-0.4, -0.2) is 41.4 Å². The molecule has 0 radical (unpaired) electrons. The minimum Gasteiger partial charge on any atom is -0.448 e. The number of carbonyl (C=O) groups is 1. The Morgan fingerprint density at radius 2 is 1.50 bits per heavy atom. The number of hydrogen-bond donors (Lipinski definition) is 1. The molecule has 2 fully saturated rings. The van der Waals surface area contributed by atoms with Crippen molar-refractivity contribution in [1.29, 1.82) is 0 Å². The Balaban J connectivity index is 1.21. The molecule has 4 heteroatoms. The third-order valence-corrected chi connectivity index (χ3v) is 7.59. The standard InChI is InChI=1S/C26H31NO3/c28-25(27-16-14-26(29,15-17-27)19-8-2-1-3-9-19)30-18-24-22-12-6-4-10-20(22)21-11-5-7-13-23(21)24/h4-7,10-13,19,24,29H,1-3,8-9,14-18H2. The third kappa shape index (κ3) is 3.51. The van der Waals surface area contributed by atoms with Crippen molar-refractivity contribution >= 4 is 6.09 Å². The van der Waals surface area contributed by atoms with Gasteiger partial charge in [0.2, 0.25) is 0 Å². The summed E-state index contributed by atoms with van der Waals surface area (Å²) in [5, 5.41) is 11.1. The summed E-state index contributed by atoms with van der Waals surface area (Å²) in [5.41, 5.74) is 4.35. The highest BCUT2D eigenvalue weighted by Gasteiger charge is 2.41. The number of piperidine rings is 1. The summed E-state index contributed by atoms with van der Waals surface area (Å²) in [7, 11) is 0. The van der Waals surface area contributed by atoms with Gasteiger partial charge in [-0.25, -0.2) is 4.79 Å². The van der Waals surface area contributed by atoms with E-state index in [2.05, 4.69) is 48.5 Å². The molecule has 0 bridgehead atoms. The van der Waals surface area contributed by atoms with Gasteiger partial charge in [-0.05, 0) is 53.9 Å². The lowest BCUT2D eigenvalue weighted by atomic mass is 9.72. The zero-order valence-corrected chi connectivity index (χ0v) is 17.6. The molecule has 30 heavy (non-hydrogen) atoms. The van der Waals surface area contributed by atoms with Gasteiger partial charge in [0.15, 0.2) is 0 Å². The SMILES string of the molecule is O=C(OCC1c2ccccc2-c2ccccc21)N1CCC(O)(C2CCCCC2)CC1. The van der Waals surface area contributed by atoms with Crippen LogP contribution in [-0.2, 0) is 4.74 Å². The molecule has 0 unspecified atom stereocenters. The smallest absolute Gasteiger partial charge is 0.409 e. The Morgan fingerprint density at radius 3 is 2.10 bits per heavy atom. The van der Waals surface area contributed by atoms with Gasteiger partial charge < -0.3 is 14.7 Å². The van der Waals surface area contributed by atoms with Gasteiger partial charge >= 0.3 is 6.09 Å². The number of aliphatic hydroxyl groups is 1. The highest BCUT2D eigenvalue weighted by Crippen LogP contribution is 2.44. The molecule has 0 atom stereocenters. The maximum atomic E-state index is 12.8. The largest absolute Gasteiger partial charge is 0.448 e. The fourth-order valence-electron chi connectivity index (χ4n) is 5.81. The van der Waals surface area contributed by atoms with Gasteiger partial charge in [-0.1, -0.05) is 67.8 Å². The van der Waals surface area contributed by atoms with E-state index >= 15 is 0 Å². The summed E-state index contributed by atoms with van der Waals surface area (Å²) < 4.78 is 5.80. The van der Waals surface area contributed by atoms with Gasteiger partial charge in [0.05, 0.1) is 5.60 Å². The Labute approximate surface area is 178 Å². The molecule has 2 aromatic rings. The molecule has 2 aliphatic carbocycles. The molecule has 1 heterocycles. The molecule has 1 saturated carbocycles. The number of rotatable bonds is 3. The van der Waals surface area contributed by atoms with E-state index in [4.69, 9.17) is 4.74 Å². The third-order valence-electron chi connectivity index (χ3n) is 7.59. The molecule has 1 saturated heterocycles. The van der Waals surface area contributed by atoms with E-state index < -0.39 is 5.60 Å². The van der Waals surface area contributed by atoms with Crippen molar-refractivity contribution in [1.82, 2.24) is 4.90 Å². The van der Waals surface area contributed by atoms with Crippen molar-refractivity contribution < 1.29 is 14.6 Å². The average molecular weight is 406 g/mol. The second kappa shape index (κ2) is 8.07. The zero-order chi connectivity index (χ0) is 20.6. The van der Waals surface area contributed by atoms with Gasteiger partial charge in [-0.3, -0.25) is 0 Å². The highest BCUT2D eigenvalue weighted by atomic mass is 16.6. The maximum Gasteiger partial charge on any atom is 0.409 e. The fraction of sp³-hybridized carbons (Fsp3) is 0.500. The van der Waals surface area contributed by atoms with Crippen LogP contribution in [0.1, 0.15) is 62.0 Å². The summed E-state index contributed by atoms with van der Waals surface area (Å²) >= 11 is 0. The molecule has 4 nitrogen and oxygen atoms in total. The van der Waals surface area contributed by atoms with E-state index in [1.165, 1.54) is 41.5 Å². The Hall–Kier alpha value is -2.33. The summed E-state index contributed by atoms with van der Waals surface area (Å²) in [4.78, 5) is 14.6. The van der Waals surface area contributed by atoms with Crippen molar-refractivity contribution in [3.63, 3.8) is 0 Å². The minimum absolute atomic E-state index is 0.0883. The lowest BCUT2D eigenvalue weighted by molar-refractivity contribution is -0.0747. The van der Waals surface area contributed by atoms with Crippen LogP contribution in [0.15, 0.2) is 48.5 Å².